The highest BCUT2D eigenvalue weighted by Gasteiger charge is 2.17. The molecule has 0 aliphatic heterocycles. The van der Waals surface area contributed by atoms with Crippen molar-refractivity contribution in [3.05, 3.63) is 22.9 Å². The molecule has 1 rings (SSSR count). The second-order valence-electron chi connectivity index (χ2n) is 2.90. The van der Waals surface area contributed by atoms with Crippen LogP contribution in [0.15, 0.2) is 6.07 Å². The lowest BCUT2D eigenvalue weighted by Crippen LogP contribution is -2.10. The molecule has 0 aromatic carbocycles. The summed E-state index contributed by atoms with van der Waals surface area (Å²) in [7, 11) is 0. The van der Waals surface area contributed by atoms with Gasteiger partial charge in [0, 0.05) is 12.1 Å². The fourth-order valence-electron chi connectivity index (χ4n) is 1.32. The lowest BCUT2D eigenvalue weighted by molar-refractivity contribution is 0.150. The van der Waals surface area contributed by atoms with Crippen molar-refractivity contribution in [3.8, 4) is 6.07 Å². The van der Waals surface area contributed by atoms with Gasteiger partial charge in [-0.2, -0.15) is 5.26 Å². The number of nitrogens with two attached hydrogens (primary N) is 2. The molecule has 0 spiro atoms. The van der Waals surface area contributed by atoms with Crippen LogP contribution in [0.25, 0.3) is 0 Å². The Hall–Kier alpha value is -1.74. The fourth-order valence-corrected chi connectivity index (χ4v) is 1.32. The van der Waals surface area contributed by atoms with Crippen LogP contribution >= 0.6 is 0 Å². The van der Waals surface area contributed by atoms with Crippen molar-refractivity contribution in [2.75, 3.05) is 5.73 Å². The first kappa shape index (κ1) is 11.3. The number of hydrogen-bond donors (Lipinski definition) is 2. The van der Waals surface area contributed by atoms with Crippen molar-refractivity contribution in [2.45, 2.75) is 19.4 Å². The summed E-state index contributed by atoms with van der Waals surface area (Å²) in [6, 6.07) is 2.88. The van der Waals surface area contributed by atoms with Gasteiger partial charge in [-0.1, -0.05) is 0 Å². The maximum atomic E-state index is 12.6. The molecule has 0 saturated heterocycles. The molecule has 0 fully saturated rings. The van der Waals surface area contributed by atoms with E-state index in [9.17, 15) is 8.78 Å². The summed E-state index contributed by atoms with van der Waals surface area (Å²) in [5.41, 5.74) is 10.9. The monoisotopic (exact) mass is 212 g/mol. The second kappa shape index (κ2) is 4.66. The molecule has 1 aromatic rings. The number of nitrogen functional groups attached to an aromatic ring is 1. The maximum Gasteiger partial charge on any atom is 0.264 e. The molecule has 1 aromatic heterocycles. The highest BCUT2D eigenvalue weighted by atomic mass is 19.3. The Bertz CT molecular complexity index is 398. The van der Waals surface area contributed by atoms with Crippen molar-refractivity contribution in [1.82, 2.24) is 4.98 Å². The molecule has 0 unspecified atom stereocenters. The third-order valence-electron chi connectivity index (χ3n) is 1.95. The van der Waals surface area contributed by atoms with Gasteiger partial charge in [0.15, 0.2) is 0 Å². The number of alkyl halides is 2. The minimum absolute atomic E-state index is 0.00700. The smallest absolute Gasteiger partial charge is 0.264 e. The zero-order valence-electron chi connectivity index (χ0n) is 7.87. The van der Waals surface area contributed by atoms with E-state index >= 15 is 0 Å². The first-order valence-corrected chi connectivity index (χ1v) is 4.23. The zero-order chi connectivity index (χ0) is 11.4. The predicted molar refractivity (Wildman–Crippen MR) is 50.8 cm³/mol. The predicted octanol–water partition coefficient (Wildman–Crippen LogP) is 1.13. The summed E-state index contributed by atoms with van der Waals surface area (Å²) in [6.07, 6.45) is -2.82. The average Bonchev–Trinajstić information content (AvgIpc) is 2.19. The van der Waals surface area contributed by atoms with Gasteiger partial charge in [0.2, 0.25) is 0 Å². The Balaban J connectivity index is 3.34. The van der Waals surface area contributed by atoms with Crippen LogP contribution in [0.5, 0.6) is 0 Å². The highest BCUT2D eigenvalue weighted by molar-refractivity contribution is 5.43. The number of nitrogens with zero attached hydrogens (tertiary/aromatic N) is 2. The van der Waals surface area contributed by atoms with Gasteiger partial charge in [0.25, 0.3) is 6.43 Å². The molecule has 4 nitrogen and oxygen atoms in total. The van der Waals surface area contributed by atoms with Gasteiger partial charge in [-0.3, -0.25) is 0 Å². The van der Waals surface area contributed by atoms with Gasteiger partial charge in [-0.25, -0.2) is 13.8 Å². The molecule has 0 amide bonds. The molecular formula is C9H10F2N4. The molecule has 0 aliphatic carbocycles. The molecule has 0 bridgehead atoms. The van der Waals surface area contributed by atoms with E-state index in [0.717, 1.165) is 6.07 Å². The van der Waals surface area contributed by atoms with Crippen LogP contribution in [0, 0.1) is 11.3 Å². The van der Waals surface area contributed by atoms with Crippen molar-refractivity contribution in [3.63, 3.8) is 0 Å². The van der Waals surface area contributed by atoms with Gasteiger partial charge >= 0.3 is 0 Å². The van der Waals surface area contributed by atoms with E-state index in [-0.39, 0.29) is 35.6 Å². The first-order chi connectivity index (χ1) is 7.10. The lowest BCUT2D eigenvalue weighted by atomic mass is 10.0. The van der Waals surface area contributed by atoms with Crippen molar-refractivity contribution >= 4 is 5.82 Å². The summed E-state index contributed by atoms with van der Waals surface area (Å²) < 4.78 is 25.2. The number of anilines is 1. The van der Waals surface area contributed by atoms with E-state index in [1.165, 1.54) is 0 Å². The molecule has 0 saturated carbocycles. The molecule has 0 radical (unpaired) electrons. The van der Waals surface area contributed by atoms with E-state index in [2.05, 4.69) is 4.98 Å². The quantitative estimate of drug-likeness (QED) is 0.785. The molecule has 6 heteroatoms. The zero-order valence-corrected chi connectivity index (χ0v) is 7.87. The molecule has 15 heavy (non-hydrogen) atoms. The van der Waals surface area contributed by atoms with Crippen LogP contribution in [-0.4, -0.2) is 4.98 Å². The van der Waals surface area contributed by atoms with Crippen molar-refractivity contribution in [1.29, 1.82) is 5.26 Å². The Morgan fingerprint density at radius 2 is 2.20 bits per heavy atom. The Morgan fingerprint density at radius 1 is 1.53 bits per heavy atom. The van der Waals surface area contributed by atoms with Crippen LogP contribution < -0.4 is 11.5 Å². The number of halogens is 2. The van der Waals surface area contributed by atoms with Crippen LogP contribution in [0.4, 0.5) is 14.6 Å². The first-order valence-electron chi connectivity index (χ1n) is 4.23. The molecule has 4 N–H and O–H groups in total. The van der Waals surface area contributed by atoms with Gasteiger partial charge in [-0.05, 0) is 11.6 Å². The summed E-state index contributed by atoms with van der Waals surface area (Å²) in [5, 5.41) is 8.52. The second-order valence-corrected chi connectivity index (χ2v) is 2.90. The van der Waals surface area contributed by atoms with E-state index in [0.29, 0.717) is 0 Å². The maximum absolute atomic E-state index is 12.6. The third-order valence-corrected chi connectivity index (χ3v) is 1.95. The van der Waals surface area contributed by atoms with Gasteiger partial charge < -0.3 is 11.5 Å². The van der Waals surface area contributed by atoms with Gasteiger partial charge in [-0.15, -0.1) is 0 Å². The summed E-state index contributed by atoms with van der Waals surface area (Å²) in [5.74, 6) is -0.00700. The van der Waals surface area contributed by atoms with Crippen LogP contribution in [0.1, 0.15) is 23.2 Å². The Morgan fingerprint density at radius 3 is 2.67 bits per heavy atom. The van der Waals surface area contributed by atoms with E-state index < -0.39 is 6.43 Å². The largest absolute Gasteiger partial charge is 0.384 e. The van der Waals surface area contributed by atoms with Gasteiger partial charge in [0.1, 0.15) is 5.82 Å². The Labute approximate surface area is 85.5 Å². The normalized spacial score (nSPS) is 10.3. The minimum Gasteiger partial charge on any atom is -0.384 e. The van der Waals surface area contributed by atoms with Crippen molar-refractivity contribution < 1.29 is 8.78 Å². The SMILES string of the molecule is N#CCc1c(C(F)F)cc(N)nc1CN. The van der Waals surface area contributed by atoms with Gasteiger partial charge in [0.05, 0.1) is 18.2 Å². The minimum atomic E-state index is -2.68. The average molecular weight is 212 g/mol. The third kappa shape index (κ3) is 2.39. The molecule has 1 heterocycles. The van der Waals surface area contributed by atoms with Crippen LogP contribution in [0.3, 0.4) is 0 Å². The molecule has 0 aliphatic rings. The summed E-state index contributed by atoms with van der Waals surface area (Å²) in [6.45, 7) is -0.0121. The molecular weight excluding hydrogens is 202 g/mol. The van der Waals surface area contributed by atoms with Crippen LogP contribution in [0.2, 0.25) is 0 Å². The molecule has 0 atom stereocenters. The highest BCUT2D eigenvalue weighted by Crippen LogP contribution is 2.26. The van der Waals surface area contributed by atoms with Crippen LogP contribution in [-0.2, 0) is 13.0 Å². The topological polar surface area (TPSA) is 88.7 Å². The van der Waals surface area contributed by atoms with Crippen molar-refractivity contribution in [2.24, 2.45) is 5.73 Å². The summed E-state index contributed by atoms with van der Waals surface area (Å²) in [4.78, 5) is 3.82. The number of rotatable bonds is 3. The lowest BCUT2D eigenvalue weighted by Gasteiger charge is -2.11. The standard InChI is InChI=1S/C9H10F2N4/c10-9(11)6-3-8(14)15-7(4-13)5(6)1-2-12/h3,9H,1,4,13H2,(H2,14,15). The summed E-state index contributed by atoms with van der Waals surface area (Å²) >= 11 is 0. The molecule has 80 valence electrons. The Kier molecular flexibility index (Phi) is 3.52. The number of hydrogen-bond acceptors (Lipinski definition) is 4. The van der Waals surface area contributed by atoms with E-state index in [1.54, 1.807) is 6.07 Å². The number of pyridine rings is 1. The fraction of sp³-hybridized carbons (Fsp3) is 0.333. The van der Waals surface area contributed by atoms with E-state index in [4.69, 9.17) is 16.7 Å². The van der Waals surface area contributed by atoms with E-state index in [1.807, 2.05) is 0 Å². The number of aromatic nitrogens is 1. The number of nitriles is 1.